The predicted octanol–water partition coefficient (Wildman–Crippen LogP) is 8.78. The van der Waals surface area contributed by atoms with Crippen molar-refractivity contribution in [2.45, 2.75) is 77.7 Å². The Labute approximate surface area is 321 Å². The molecule has 0 unspecified atom stereocenters. The van der Waals surface area contributed by atoms with Crippen LogP contribution in [0.5, 0.6) is 0 Å². The van der Waals surface area contributed by atoms with E-state index in [9.17, 15) is 18.4 Å². The van der Waals surface area contributed by atoms with Crippen molar-refractivity contribution in [2.24, 2.45) is 0 Å². The van der Waals surface area contributed by atoms with Crippen molar-refractivity contribution in [3.05, 3.63) is 64.3 Å². The first-order valence-electron chi connectivity index (χ1n) is 18.0. The number of nitrogens with zero attached hydrogens (tertiary/aromatic N) is 6. The van der Waals surface area contributed by atoms with Crippen LogP contribution < -0.4 is 0 Å². The van der Waals surface area contributed by atoms with Crippen molar-refractivity contribution in [3.63, 3.8) is 0 Å². The average molecular weight is 781 g/mol. The van der Waals surface area contributed by atoms with Gasteiger partial charge in [-0.3, -0.25) is 4.90 Å². The van der Waals surface area contributed by atoms with Crippen LogP contribution in [0.3, 0.4) is 0 Å². The molecule has 5 aromatic rings. The Balaban J connectivity index is 1.28. The van der Waals surface area contributed by atoms with Crippen molar-refractivity contribution < 1.29 is 32.6 Å². The molecule has 2 fully saturated rings. The summed E-state index contributed by atoms with van der Waals surface area (Å²) in [5.74, 6) is -0.560. The van der Waals surface area contributed by atoms with Gasteiger partial charge < -0.3 is 19.1 Å². The minimum absolute atomic E-state index is 0.0667. The second-order valence-corrected chi connectivity index (χ2v) is 16.2. The number of benzene rings is 2. The highest BCUT2D eigenvalue weighted by molar-refractivity contribution is 7.22. The van der Waals surface area contributed by atoms with Crippen LogP contribution in [0.4, 0.5) is 13.6 Å². The first-order valence-corrected chi connectivity index (χ1v) is 19.2. The van der Waals surface area contributed by atoms with Gasteiger partial charge in [0.15, 0.2) is 6.10 Å². The van der Waals surface area contributed by atoms with E-state index in [2.05, 4.69) is 10.00 Å². The number of likely N-dealkylation sites (tertiary alicyclic amines) is 2. The molecule has 15 heteroatoms. The Kier molecular flexibility index (Phi) is 10.7. The number of ether oxygens (including phenoxy) is 3. The first kappa shape index (κ1) is 38.1. The van der Waals surface area contributed by atoms with Crippen molar-refractivity contribution in [1.29, 1.82) is 0 Å². The molecular formula is C39H43ClF2N6O5S. The van der Waals surface area contributed by atoms with Crippen molar-refractivity contribution in [3.8, 4) is 21.8 Å². The molecule has 3 aromatic heterocycles. The average Bonchev–Trinajstić information content (AvgIpc) is 3.71. The minimum Gasteiger partial charge on any atom is -0.464 e. The van der Waals surface area contributed by atoms with Gasteiger partial charge in [-0.15, -0.1) is 11.3 Å². The lowest BCUT2D eigenvalue weighted by molar-refractivity contribution is -0.166. The van der Waals surface area contributed by atoms with Crippen LogP contribution in [-0.2, 0) is 19.0 Å². The Morgan fingerprint density at radius 2 is 1.76 bits per heavy atom. The molecule has 7 rings (SSSR count). The molecule has 2 saturated heterocycles. The van der Waals surface area contributed by atoms with Gasteiger partial charge in [-0.05, 0) is 102 Å². The third kappa shape index (κ3) is 7.40. The standard InChI is InChI=1S/C39H43ClF2N6O5S/c1-7-52-36(49)33(53-39(3,4)5)29-21(2)18-27-34(30(29)22-8-10-24(40)11-9-22)54-35(44-27)26-12-13-28-32(43-26)31(45-48(28)37(41)42)23-14-16-46(17-15-23)25-19-47(20-25)38(50)51-6/h8-13,18,23,25,33,37H,7,14-17,19-20H2,1-6H3/t33-/m0/s1. The number of pyridine rings is 1. The molecule has 2 aliphatic heterocycles. The van der Waals surface area contributed by atoms with Crippen LogP contribution in [0, 0.1) is 6.92 Å². The fourth-order valence-electron chi connectivity index (χ4n) is 7.45. The SMILES string of the molecule is CCOC(=O)[C@@H](OC(C)(C)C)c1c(C)cc2nc(-c3ccc4c(n3)c(C3CCN(C5CN(C(=O)OC)C5)CC3)nn4C(F)F)sc2c1-c1ccc(Cl)cc1. The highest BCUT2D eigenvalue weighted by Crippen LogP contribution is 2.45. The molecule has 1 atom stereocenters. The lowest BCUT2D eigenvalue weighted by atomic mass is 9.91. The summed E-state index contributed by atoms with van der Waals surface area (Å²) in [6.07, 6.45) is 0.0988. The smallest absolute Gasteiger partial charge is 0.409 e. The number of carbonyl (C=O) groups is 2. The van der Waals surface area contributed by atoms with Gasteiger partial charge in [-0.25, -0.2) is 24.2 Å². The molecule has 0 spiro atoms. The number of aromatic nitrogens is 4. The topological polar surface area (TPSA) is 112 Å². The van der Waals surface area contributed by atoms with E-state index in [4.69, 9.17) is 35.8 Å². The van der Waals surface area contributed by atoms with Crippen LogP contribution in [0.2, 0.25) is 5.02 Å². The van der Waals surface area contributed by atoms with Gasteiger partial charge in [0.1, 0.15) is 10.5 Å². The molecule has 0 saturated carbocycles. The van der Waals surface area contributed by atoms with Gasteiger partial charge in [-0.2, -0.15) is 13.9 Å². The summed E-state index contributed by atoms with van der Waals surface area (Å²) in [6.45, 7) is 9.46. The number of aryl methyl sites for hydroxylation is 1. The second kappa shape index (κ2) is 15.1. The molecule has 2 aromatic carbocycles. The number of rotatable bonds is 9. The van der Waals surface area contributed by atoms with Gasteiger partial charge in [0, 0.05) is 41.2 Å². The third-order valence-corrected chi connectivity index (χ3v) is 11.4. The predicted molar refractivity (Wildman–Crippen MR) is 204 cm³/mol. The van der Waals surface area contributed by atoms with E-state index in [0.717, 1.165) is 52.0 Å². The zero-order valence-corrected chi connectivity index (χ0v) is 32.6. The molecule has 11 nitrogen and oxygen atoms in total. The Hall–Kier alpha value is -4.24. The molecule has 2 aliphatic rings. The number of amides is 1. The highest BCUT2D eigenvalue weighted by Gasteiger charge is 2.38. The third-order valence-electron chi connectivity index (χ3n) is 10.0. The highest BCUT2D eigenvalue weighted by atomic mass is 35.5. The van der Waals surface area contributed by atoms with Gasteiger partial charge >= 0.3 is 18.6 Å². The summed E-state index contributed by atoms with van der Waals surface area (Å²) in [4.78, 5) is 39.4. The molecule has 0 bridgehead atoms. The Morgan fingerprint density at radius 1 is 1.06 bits per heavy atom. The number of thiazole rings is 1. The lowest BCUT2D eigenvalue weighted by Crippen LogP contribution is -2.62. The zero-order valence-electron chi connectivity index (χ0n) is 31.1. The second-order valence-electron chi connectivity index (χ2n) is 14.7. The zero-order chi connectivity index (χ0) is 38.5. The number of esters is 1. The van der Waals surface area contributed by atoms with E-state index < -0.39 is 24.2 Å². The summed E-state index contributed by atoms with van der Waals surface area (Å²) in [5, 5.41) is 5.60. The van der Waals surface area contributed by atoms with E-state index in [1.54, 1.807) is 36.1 Å². The maximum absolute atomic E-state index is 14.3. The van der Waals surface area contributed by atoms with E-state index in [0.29, 0.717) is 51.1 Å². The van der Waals surface area contributed by atoms with Crippen molar-refractivity contribution in [2.75, 3.05) is 39.9 Å². The van der Waals surface area contributed by atoms with Crippen LogP contribution in [0.1, 0.15) is 75.9 Å². The molecule has 0 aliphatic carbocycles. The number of fused-ring (bicyclic) bond motifs is 2. The Morgan fingerprint density at radius 3 is 2.39 bits per heavy atom. The fourth-order valence-corrected chi connectivity index (χ4v) is 8.67. The summed E-state index contributed by atoms with van der Waals surface area (Å²) in [5.41, 5.74) is 4.85. The summed E-state index contributed by atoms with van der Waals surface area (Å²) < 4.78 is 47.0. The maximum atomic E-state index is 14.3. The summed E-state index contributed by atoms with van der Waals surface area (Å²) in [6, 6.07) is 12.9. The van der Waals surface area contributed by atoms with Crippen molar-refractivity contribution >= 4 is 56.3 Å². The molecule has 1 amide bonds. The number of methoxy groups -OCH3 is 1. The quantitative estimate of drug-likeness (QED) is 0.136. The molecule has 0 radical (unpaired) electrons. The number of hydrogen-bond acceptors (Lipinski definition) is 10. The van der Waals surface area contributed by atoms with E-state index in [-0.39, 0.29) is 30.2 Å². The molecular weight excluding hydrogens is 738 g/mol. The van der Waals surface area contributed by atoms with E-state index >= 15 is 0 Å². The monoisotopic (exact) mass is 780 g/mol. The number of carbonyl (C=O) groups excluding carboxylic acids is 2. The lowest BCUT2D eigenvalue weighted by Gasteiger charge is -2.46. The van der Waals surface area contributed by atoms with E-state index in [1.807, 2.05) is 45.9 Å². The molecule has 0 N–H and O–H groups in total. The fraction of sp³-hybridized carbons (Fsp3) is 0.462. The van der Waals surface area contributed by atoms with E-state index in [1.165, 1.54) is 18.4 Å². The summed E-state index contributed by atoms with van der Waals surface area (Å²) in [7, 11) is 1.38. The largest absolute Gasteiger partial charge is 0.464 e. The molecule has 286 valence electrons. The first-order chi connectivity index (χ1) is 25.8. The van der Waals surface area contributed by atoms with Crippen LogP contribution in [0.15, 0.2) is 42.5 Å². The van der Waals surface area contributed by atoms with Gasteiger partial charge in [0.05, 0.1) is 46.4 Å². The van der Waals surface area contributed by atoms with Crippen LogP contribution in [0.25, 0.3) is 43.1 Å². The van der Waals surface area contributed by atoms with Gasteiger partial charge in [0.25, 0.3) is 0 Å². The van der Waals surface area contributed by atoms with Gasteiger partial charge in [0.2, 0.25) is 0 Å². The van der Waals surface area contributed by atoms with Crippen molar-refractivity contribution in [1.82, 2.24) is 29.5 Å². The molecule has 5 heterocycles. The van der Waals surface area contributed by atoms with Gasteiger partial charge in [-0.1, -0.05) is 23.7 Å². The van der Waals surface area contributed by atoms with Crippen LogP contribution >= 0.6 is 22.9 Å². The number of halogens is 3. The summed E-state index contributed by atoms with van der Waals surface area (Å²) >= 11 is 7.72. The maximum Gasteiger partial charge on any atom is 0.409 e. The van der Waals surface area contributed by atoms with Crippen LogP contribution in [-0.4, -0.2) is 93.1 Å². The normalized spacial score (nSPS) is 16.7. The minimum atomic E-state index is -2.83. The number of alkyl halides is 2. The number of piperidine rings is 1. The number of hydrogen-bond donors (Lipinski definition) is 0. The Bertz CT molecular complexity index is 2190. The molecule has 54 heavy (non-hydrogen) atoms.